The van der Waals surface area contributed by atoms with Gasteiger partial charge in [-0.15, -0.1) is 11.8 Å². The van der Waals surface area contributed by atoms with Crippen molar-refractivity contribution in [1.82, 2.24) is 15.5 Å². The number of nitrogens with one attached hydrogen (secondary N) is 2. The van der Waals surface area contributed by atoms with E-state index in [0.29, 0.717) is 6.54 Å². The predicted molar refractivity (Wildman–Crippen MR) is 91.0 cm³/mol. The molecule has 22 heavy (non-hydrogen) atoms. The normalized spacial score (nSPS) is 10.8. The average molecular weight is 323 g/mol. The van der Waals surface area contributed by atoms with Crippen LogP contribution in [0.25, 0.3) is 0 Å². The van der Waals surface area contributed by atoms with Gasteiger partial charge in [0.1, 0.15) is 0 Å². The maximum absolute atomic E-state index is 11.8. The summed E-state index contributed by atoms with van der Waals surface area (Å²) in [6.07, 6.45) is 0. The quantitative estimate of drug-likeness (QED) is 0.532. The Balaban J connectivity index is 2.13. The lowest BCUT2D eigenvalue weighted by Crippen LogP contribution is -2.42. The first-order valence-corrected chi connectivity index (χ1v) is 8.38. The van der Waals surface area contributed by atoms with Crippen LogP contribution in [0.3, 0.4) is 0 Å². The van der Waals surface area contributed by atoms with Crippen LogP contribution in [0.1, 0.15) is 13.8 Å². The standard InChI is InChI=1S/C16H25N3O2S/c1-13(2)18-16(21)12-19(3)11-15(20)17-9-10-22-14-7-5-4-6-8-14/h4-8,13H,9-12H2,1-3H3,(H,17,20)(H,18,21). The fraction of sp³-hybridized carbons (Fsp3) is 0.500. The van der Waals surface area contributed by atoms with Crippen molar-refractivity contribution in [2.24, 2.45) is 0 Å². The summed E-state index contributed by atoms with van der Waals surface area (Å²) < 4.78 is 0. The number of likely N-dealkylation sites (N-methyl/N-ethyl adjacent to an activating group) is 1. The summed E-state index contributed by atoms with van der Waals surface area (Å²) >= 11 is 1.71. The van der Waals surface area contributed by atoms with Gasteiger partial charge >= 0.3 is 0 Å². The van der Waals surface area contributed by atoms with Gasteiger partial charge in [0, 0.05) is 23.2 Å². The SMILES string of the molecule is CC(C)NC(=O)CN(C)CC(=O)NCCSc1ccccc1. The minimum absolute atomic E-state index is 0.0616. The van der Waals surface area contributed by atoms with Gasteiger partial charge in [-0.2, -0.15) is 0 Å². The molecule has 2 amide bonds. The first-order valence-electron chi connectivity index (χ1n) is 7.40. The topological polar surface area (TPSA) is 61.4 Å². The number of nitrogens with zero attached hydrogens (tertiary/aromatic N) is 1. The second kappa shape index (κ2) is 10.2. The van der Waals surface area contributed by atoms with Gasteiger partial charge in [-0.1, -0.05) is 18.2 Å². The molecule has 0 saturated carbocycles. The summed E-state index contributed by atoms with van der Waals surface area (Å²) in [5.74, 6) is 0.700. The highest BCUT2D eigenvalue weighted by Crippen LogP contribution is 2.15. The molecule has 0 atom stereocenters. The highest BCUT2D eigenvalue weighted by Gasteiger charge is 2.10. The molecule has 122 valence electrons. The largest absolute Gasteiger partial charge is 0.354 e. The summed E-state index contributed by atoms with van der Waals surface area (Å²) in [6, 6.07) is 10.2. The highest BCUT2D eigenvalue weighted by atomic mass is 32.2. The van der Waals surface area contributed by atoms with Gasteiger partial charge in [-0.3, -0.25) is 14.5 Å². The van der Waals surface area contributed by atoms with Crippen LogP contribution in [-0.2, 0) is 9.59 Å². The number of hydrogen-bond acceptors (Lipinski definition) is 4. The molecule has 0 aliphatic carbocycles. The molecule has 6 heteroatoms. The third-order valence-corrected chi connectivity index (χ3v) is 3.73. The molecule has 1 rings (SSSR count). The van der Waals surface area contributed by atoms with Crippen molar-refractivity contribution in [3.05, 3.63) is 30.3 Å². The fourth-order valence-electron chi connectivity index (χ4n) is 1.85. The van der Waals surface area contributed by atoms with Crippen molar-refractivity contribution >= 4 is 23.6 Å². The van der Waals surface area contributed by atoms with Gasteiger partial charge in [0.25, 0.3) is 0 Å². The molecule has 1 aromatic rings. The van der Waals surface area contributed by atoms with E-state index in [4.69, 9.17) is 0 Å². The number of hydrogen-bond donors (Lipinski definition) is 2. The molecule has 0 fully saturated rings. The van der Waals surface area contributed by atoms with E-state index in [2.05, 4.69) is 10.6 Å². The van der Waals surface area contributed by atoms with Gasteiger partial charge in [0.15, 0.2) is 0 Å². The van der Waals surface area contributed by atoms with Crippen molar-refractivity contribution in [3.8, 4) is 0 Å². The predicted octanol–water partition coefficient (Wildman–Crippen LogP) is 1.35. The Hall–Kier alpha value is -1.53. The monoisotopic (exact) mass is 323 g/mol. The second-order valence-electron chi connectivity index (χ2n) is 5.41. The van der Waals surface area contributed by atoms with E-state index in [9.17, 15) is 9.59 Å². The molecule has 1 aromatic carbocycles. The average Bonchev–Trinajstić information content (AvgIpc) is 2.43. The zero-order valence-electron chi connectivity index (χ0n) is 13.5. The number of rotatable bonds is 9. The maximum Gasteiger partial charge on any atom is 0.234 e. The Morgan fingerprint density at radius 3 is 2.41 bits per heavy atom. The van der Waals surface area contributed by atoms with Gasteiger partial charge in [-0.25, -0.2) is 0 Å². The van der Waals surface area contributed by atoms with Gasteiger partial charge in [-0.05, 0) is 33.0 Å². The van der Waals surface area contributed by atoms with Crippen molar-refractivity contribution < 1.29 is 9.59 Å². The molecule has 0 aliphatic rings. The molecule has 0 saturated heterocycles. The molecular weight excluding hydrogens is 298 g/mol. The van der Waals surface area contributed by atoms with Crippen LogP contribution in [-0.4, -0.2) is 55.2 Å². The summed E-state index contributed by atoms with van der Waals surface area (Å²) in [6.45, 7) is 4.89. The molecule has 5 nitrogen and oxygen atoms in total. The van der Waals surface area contributed by atoms with Crippen molar-refractivity contribution in [2.45, 2.75) is 24.8 Å². The van der Waals surface area contributed by atoms with Crippen LogP contribution in [0.2, 0.25) is 0 Å². The molecule has 0 radical (unpaired) electrons. The summed E-state index contributed by atoms with van der Waals surface area (Å²) in [5, 5.41) is 5.67. The van der Waals surface area contributed by atoms with Crippen molar-refractivity contribution in [1.29, 1.82) is 0 Å². The zero-order valence-corrected chi connectivity index (χ0v) is 14.3. The lowest BCUT2D eigenvalue weighted by Gasteiger charge is -2.17. The molecule has 0 bridgehead atoms. The first kappa shape index (κ1) is 18.5. The molecule has 0 aliphatic heterocycles. The Kier molecular flexibility index (Phi) is 8.62. The molecule has 2 N–H and O–H groups in total. The number of thioether (sulfide) groups is 1. The minimum atomic E-state index is -0.0649. The van der Waals surface area contributed by atoms with Crippen LogP contribution in [0, 0.1) is 0 Å². The second-order valence-corrected chi connectivity index (χ2v) is 6.57. The Morgan fingerprint density at radius 1 is 1.14 bits per heavy atom. The Labute approximate surface area is 136 Å². The van der Waals surface area contributed by atoms with Crippen LogP contribution in [0.4, 0.5) is 0 Å². The third kappa shape index (κ3) is 8.69. The number of carbonyl (C=O) groups is 2. The smallest absolute Gasteiger partial charge is 0.234 e. The van der Waals surface area contributed by atoms with E-state index < -0.39 is 0 Å². The van der Waals surface area contributed by atoms with Crippen LogP contribution in [0.5, 0.6) is 0 Å². The van der Waals surface area contributed by atoms with Crippen molar-refractivity contribution in [3.63, 3.8) is 0 Å². The molecule has 0 unspecified atom stereocenters. The lowest BCUT2D eigenvalue weighted by atomic mass is 10.4. The minimum Gasteiger partial charge on any atom is -0.354 e. The van der Waals surface area contributed by atoms with E-state index in [1.54, 1.807) is 23.7 Å². The molecule has 0 spiro atoms. The lowest BCUT2D eigenvalue weighted by molar-refractivity contribution is -0.124. The van der Waals surface area contributed by atoms with Crippen LogP contribution >= 0.6 is 11.8 Å². The third-order valence-electron chi connectivity index (χ3n) is 2.71. The highest BCUT2D eigenvalue weighted by molar-refractivity contribution is 7.99. The van der Waals surface area contributed by atoms with Crippen molar-refractivity contribution in [2.75, 3.05) is 32.4 Å². The molecule has 0 heterocycles. The van der Waals surface area contributed by atoms with Gasteiger partial charge < -0.3 is 10.6 Å². The Morgan fingerprint density at radius 2 is 1.77 bits per heavy atom. The Bertz CT molecular complexity index is 466. The summed E-state index contributed by atoms with van der Waals surface area (Å²) in [5.41, 5.74) is 0. The van der Waals surface area contributed by atoms with Gasteiger partial charge in [0.05, 0.1) is 13.1 Å². The summed E-state index contributed by atoms with van der Waals surface area (Å²) in [4.78, 5) is 26.2. The number of amides is 2. The van der Waals surface area contributed by atoms with E-state index in [1.165, 1.54) is 4.90 Å². The number of carbonyl (C=O) groups excluding carboxylic acids is 2. The maximum atomic E-state index is 11.8. The van der Waals surface area contributed by atoms with E-state index in [-0.39, 0.29) is 30.9 Å². The van der Waals surface area contributed by atoms with Gasteiger partial charge in [0.2, 0.25) is 11.8 Å². The fourth-order valence-corrected chi connectivity index (χ4v) is 2.64. The molecular formula is C16H25N3O2S. The van der Waals surface area contributed by atoms with E-state index in [0.717, 1.165) is 5.75 Å². The first-order chi connectivity index (χ1) is 10.5. The summed E-state index contributed by atoms with van der Waals surface area (Å²) in [7, 11) is 1.76. The van der Waals surface area contributed by atoms with Crippen LogP contribution < -0.4 is 10.6 Å². The number of benzene rings is 1. The zero-order chi connectivity index (χ0) is 16.4. The van der Waals surface area contributed by atoms with Crippen LogP contribution in [0.15, 0.2) is 35.2 Å². The molecule has 0 aromatic heterocycles. The van der Waals surface area contributed by atoms with E-state index in [1.807, 2.05) is 44.2 Å². The van der Waals surface area contributed by atoms with E-state index >= 15 is 0 Å².